The first-order chi connectivity index (χ1) is 12.6. The van der Waals surface area contributed by atoms with Crippen molar-refractivity contribution in [2.24, 2.45) is 5.41 Å². The molecule has 6 rings (SSSR count). The second-order valence-corrected chi connectivity index (χ2v) is 8.85. The Labute approximate surface area is 157 Å². The summed E-state index contributed by atoms with van der Waals surface area (Å²) in [7, 11) is 0. The van der Waals surface area contributed by atoms with E-state index in [9.17, 15) is 4.79 Å². The monoisotopic (exact) mass is 371 g/mol. The van der Waals surface area contributed by atoms with Gasteiger partial charge in [-0.05, 0) is 68.2 Å². The molecule has 0 saturated heterocycles. The van der Waals surface area contributed by atoms with Crippen LogP contribution < -0.4 is 0 Å². The minimum absolute atomic E-state index is 0.139. The number of Topliss-reactive ketones (excluding diaryl/α,β-unsaturated/α-hetero) is 1. The molecule has 0 unspecified atom stereocenters. The Hall–Kier alpha value is -1.72. The Morgan fingerprint density at radius 3 is 2.62 bits per heavy atom. The molecule has 2 bridgehead atoms. The number of aromatic nitrogens is 3. The van der Waals surface area contributed by atoms with Crippen LogP contribution in [0, 0.1) is 5.41 Å². The van der Waals surface area contributed by atoms with Gasteiger partial charge in [-0.1, -0.05) is 16.8 Å². The van der Waals surface area contributed by atoms with E-state index in [4.69, 9.17) is 16.3 Å². The van der Waals surface area contributed by atoms with Gasteiger partial charge in [0.15, 0.2) is 5.78 Å². The molecular weight excluding hydrogens is 350 g/mol. The van der Waals surface area contributed by atoms with Gasteiger partial charge in [-0.15, -0.1) is 5.10 Å². The van der Waals surface area contributed by atoms with Crippen molar-refractivity contribution >= 4 is 17.4 Å². The van der Waals surface area contributed by atoms with Gasteiger partial charge in [-0.2, -0.15) is 0 Å². The minimum Gasteiger partial charge on any atom is -0.370 e. The van der Waals surface area contributed by atoms with E-state index < -0.39 is 0 Å². The van der Waals surface area contributed by atoms with Gasteiger partial charge in [0.1, 0.15) is 6.61 Å². The van der Waals surface area contributed by atoms with E-state index in [1.807, 2.05) is 30.5 Å². The Morgan fingerprint density at radius 1 is 1.23 bits per heavy atom. The first kappa shape index (κ1) is 16.5. The lowest BCUT2D eigenvalue weighted by molar-refractivity contribution is -0.164. The standard InChI is InChI=1S/C20H22ClN3O2/c21-14-4-6-15(7-5-14)24-9-18(22-23-24)20-11-19(12-20,13-20)8-16(25)10-26-17-2-1-3-17/h4-7,9,17H,1-3,8,10-13H2. The zero-order valence-electron chi connectivity index (χ0n) is 14.7. The van der Waals surface area contributed by atoms with Crippen molar-refractivity contribution < 1.29 is 9.53 Å². The van der Waals surface area contributed by atoms with Crippen LogP contribution in [0.3, 0.4) is 0 Å². The lowest BCUT2D eigenvalue weighted by Gasteiger charge is -2.70. The number of halogens is 1. The first-order valence-corrected chi connectivity index (χ1v) is 9.76. The molecule has 2 aromatic rings. The second-order valence-electron chi connectivity index (χ2n) is 8.41. The molecule has 1 aromatic carbocycles. The van der Waals surface area contributed by atoms with Crippen LogP contribution in [0.25, 0.3) is 5.69 Å². The summed E-state index contributed by atoms with van der Waals surface area (Å²) in [5, 5.41) is 9.39. The van der Waals surface area contributed by atoms with Crippen LogP contribution in [0.1, 0.15) is 50.6 Å². The van der Waals surface area contributed by atoms with Crippen LogP contribution in [0.2, 0.25) is 5.02 Å². The number of carbonyl (C=O) groups excluding carboxylic acids is 1. The maximum Gasteiger partial charge on any atom is 0.159 e. The maximum atomic E-state index is 12.2. The van der Waals surface area contributed by atoms with Crippen LogP contribution >= 0.6 is 11.6 Å². The molecule has 4 fully saturated rings. The zero-order valence-corrected chi connectivity index (χ0v) is 15.4. The lowest BCUT2D eigenvalue weighted by Crippen LogP contribution is -2.65. The van der Waals surface area contributed by atoms with Crippen LogP contribution in [-0.4, -0.2) is 33.5 Å². The van der Waals surface area contributed by atoms with E-state index in [0.29, 0.717) is 24.2 Å². The third-order valence-electron chi connectivity index (χ3n) is 6.37. The third kappa shape index (κ3) is 2.69. The SMILES string of the molecule is O=C(COC1CCC1)CC12CC(c3cn(-c4ccc(Cl)cc4)nn3)(C1)C2. The molecule has 136 valence electrons. The fourth-order valence-electron chi connectivity index (χ4n) is 4.90. The van der Waals surface area contributed by atoms with Gasteiger partial charge in [0.05, 0.1) is 23.7 Å². The quantitative estimate of drug-likeness (QED) is 0.741. The van der Waals surface area contributed by atoms with Gasteiger partial charge < -0.3 is 4.74 Å². The molecule has 0 amide bonds. The van der Waals surface area contributed by atoms with Gasteiger partial charge in [-0.3, -0.25) is 4.79 Å². The van der Waals surface area contributed by atoms with Crippen LogP contribution in [0.4, 0.5) is 0 Å². The zero-order chi connectivity index (χ0) is 17.8. The van der Waals surface area contributed by atoms with Crippen molar-refractivity contribution in [1.82, 2.24) is 15.0 Å². The molecule has 0 atom stereocenters. The topological polar surface area (TPSA) is 57.0 Å². The van der Waals surface area contributed by atoms with Crippen molar-refractivity contribution in [3.63, 3.8) is 0 Å². The third-order valence-corrected chi connectivity index (χ3v) is 6.62. The van der Waals surface area contributed by atoms with Crippen molar-refractivity contribution in [3.05, 3.63) is 41.2 Å². The van der Waals surface area contributed by atoms with Gasteiger partial charge in [0.2, 0.25) is 0 Å². The summed E-state index contributed by atoms with van der Waals surface area (Å²) in [5.41, 5.74) is 2.34. The van der Waals surface area contributed by atoms with E-state index in [1.54, 1.807) is 4.68 Å². The Morgan fingerprint density at radius 2 is 1.96 bits per heavy atom. The molecular formula is C20H22ClN3O2. The smallest absolute Gasteiger partial charge is 0.159 e. The maximum absolute atomic E-state index is 12.2. The lowest BCUT2D eigenvalue weighted by atomic mass is 9.33. The summed E-state index contributed by atoms with van der Waals surface area (Å²) in [5.74, 6) is 0.259. The van der Waals surface area contributed by atoms with Gasteiger partial charge in [-0.25, -0.2) is 4.68 Å². The summed E-state index contributed by atoms with van der Waals surface area (Å²) < 4.78 is 7.46. The summed E-state index contributed by atoms with van der Waals surface area (Å²) >= 11 is 5.94. The molecule has 6 heteroatoms. The molecule has 5 nitrogen and oxygen atoms in total. The Kier molecular flexibility index (Phi) is 3.73. The highest BCUT2D eigenvalue weighted by Gasteiger charge is 2.69. The summed E-state index contributed by atoms with van der Waals surface area (Å²) in [6, 6.07) is 7.58. The molecule has 1 aromatic heterocycles. The molecule has 26 heavy (non-hydrogen) atoms. The fraction of sp³-hybridized carbons (Fsp3) is 0.550. The van der Waals surface area contributed by atoms with Crippen molar-refractivity contribution in [3.8, 4) is 5.69 Å². The number of carbonyl (C=O) groups is 1. The van der Waals surface area contributed by atoms with E-state index in [1.165, 1.54) is 6.42 Å². The van der Waals surface area contributed by atoms with E-state index >= 15 is 0 Å². The predicted molar refractivity (Wildman–Crippen MR) is 97.5 cm³/mol. The number of hydrogen-bond donors (Lipinski definition) is 0. The van der Waals surface area contributed by atoms with Crippen LogP contribution in [0.15, 0.2) is 30.5 Å². The summed E-state index contributed by atoms with van der Waals surface area (Å²) in [6.45, 7) is 0.298. The molecule has 4 saturated carbocycles. The van der Waals surface area contributed by atoms with Gasteiger partial charge in [0.25, 0.3) is 0 Å². The molecule has 0 radical (unpaired) electrons. The Bertz CT molecular complexity index is 821. The number of benzene rings is 1. The first-order valence-electron chi connectivity index (χ1n) is 9.38. The number of hydrogen-bond acceptors (Lipinski definition) is 4. The van der Waals surface area contributed by atoms with Gasteiger partial charge in [0, 0.05) is 16.9 Å². The summed E-state index contributed by atoms with van der Waals surface area (Å²) in [4.78, 5) is 12.2. The second kappa shape index (κ2) is 5.89. The molecule has 0 N–H and O–H groups in total. The fourth-order valence-corrected chi connectivity index (χ4v) is 5.03. The molecule has 4 aliphatic carbocycles. The molecule has 0 aliphatic heterocycles. The molecule has 1 heterocycles. The van der Waals surface area contributed by atoms with Crippen molar-refractivity contribution in [1.29, 1.82) is 0 Å². The number of rotatable bonds is 7. The Balaban J connectivity index is 1.18. The normalized spacial score (nSPS) is 29.6. The van der Waals surface area contributed by atoms with Crippen LogP contribution in [-0.2, 0) is 14.9 Å². The van der Waals surface area contributed by atoms with Crippen molar-refractivity contribution in [2.75, 3.05) is 6.61 Å². The highest BCUT2D eigenvalue weighted by atomic mass is 35.5. The van der Waals surface area contributed by atoms with E-state index in [-0.39, 0.29) is 16.6 Å². The summed E-state index contributed by atoms with van der Waals surface area (Å²) in [6.07, 6.45) is 9.64. The highest BCUT2D eigenvalue weighted by molar-refractivity contribution is 6.30. The van der Waals surface area contributed by atoms with E-state index in [2.05, 4.69) is 10.3 Å². The van der Waals surface area contributed by atoms with Crippen molar-refractivity contribution in [2.45, 2.75) is 56.5 Å². The average Bonchev–Trinajstić information content (AvgIpc) is 2.98. The number of nitrogens with zero attached hydrogens (tertiary/aromatic N) is 3. The number of ether oxygens (including phenoxy) is 1. The molecule has 4 aliphatic rings. The predicted octanol–water partition coefficient (Wildman–Crippen LogP) is 3.87. The average molecular weight is 372 g/mol. The van der Waals surface area contributed by atoms with Crippen LogP contribution in [0.5, 0.6) is 0 Å². The highest BCUT2D eigenvalue weighted by Crippen LogP contribution is 2.74. The van der Waals surface area contributed by atoms with Gasteiger partial charge >= 0.3 is 0 Å². The minimum atomic E-state index is 0.139. The number of ketones is 1. The largest absolute Gasteiger partial charge is 0.370 e. The van der Waals surface area contributed by atoms with E-state index in [0.717, 1.165) is 43.5 Å². The molecule has 0 spiro atoms.